The van der Waals surface area contributed by atoms with Crippen LogP contribution in [0.2, 0.25) is 0 Å². The van der Waals surface area contributed by atoms with Gasteiger partial charge in [0, 0.05) is 16.8 Å². The average Bonchev–Trinajstić information content (AvgIpc) is 2.20. The van der Waals surface area contributed by atoms with Crippen molar-refractivity contribution in [1.82, 2.24) is 0 Å². The summed E-state index contributed by atoms with van der Waals surface area (Å²) < 4.78 is 6.00. The molecule has 0 radical (unpaired) electrons. The molecule has 0 spiro atoms. The first-order valence-corrected chi connectivity index (χ1v) is 6.65. The Labute approximate surface area is 84.0 Å². The third-order valence-corrected chi connectivity index (χ3v) is 4.87. The quantitative estimate of drug-likeness (QED) is 0.458. The lowest BCUT2D eigenvalue weighted by atomic mass is 9.91. The van der Waals surface area contributed by atoms with Crippen LogP contribution in [0.1, 0.15) is 44.9 Å². The first-order chi connectivity index (χ1) is 6.31. The van der Waals surface area contributed by atoms with Gasteiger partial charge in [0.1, 0.15) is 0 Å². The molecule has 2 heteroatoms. The maximum absolute atomic E-state index is 6.00. The zero-order chi connectivity index (χ0) is 9.15. The lowest BCUT2D eigenvalue weighted by molar-refractivity contribution is 0.00457. The van der Waals surface area contributed by atoms with Crippen molar-refractivity contribution in [3.05, 3.63) is 11.6 Å². The minimum absolute atomic E-state index is 0.249. The molecule has 0 aromatic carbocycles. The van der Waals surface area contributed by atoms with E-state index in [1.807, 2.05) is 0 Å². The number of rotatable bonds is 1. The van der Waals surface area contributed by atoms with Crippen molar-refractivity contribution >= 4 is 10.2 Å². The fourth-order valence-corrected chi connectivity index (χ4v) is 3.52. The molecule has 1 aliphatic carbocycles. The minimum atomic E-state index is 0.249. The summed E-state index contributed by atoms with van der Waals surface area (Å²) in [6.45, 7) is 1.00. The molecule has 74 valence electrons. The van der Waals surface area contributed by atoms with Gasteiger partial charge in [-0.3, -0.25) is 0 Å². The van der Waals surface area contributed by atoms with E-state index in [9.17, 15) is 0 Å². The van der Waals surface area contributed by atoms with Crippen molar-refractivity contribution in [1.29, 1.82) is 0 Å². The summed E-state index contributed by atoms with van der Waals surface area (Å²) in [7, 11) is 1.18. The summed E-state index contributed by atoms with van der Waals surface area (Å²) >= 11 is 0. The second-order valence-electron chi connectivity index (χ2n) is 4.51. The Morgan fingerprint density at radius 3 is 2.77 bits per heavy atom. The van der Waals surface area contributed by atoms with E-state index in [0.29, 0.717) is 0 Å². The van der Waals surface area contributed by atoms with Gasteiger partial charge in [-0.15, -0.1) is 0 Å². The Morgan fingerprint density at radius 2 is 2.15 bits per heavy atom. The van der Waals surface area contributed by atoms with E-state index in [1.165, 1.54) is 55.2 Å². The Morgan fingerprint density at radius 1 is 1.23 bits per heavy atom. The smallest absolute Gasteiger partial charge is 0.0684 e. The van der Waals surface area contributed by atoms with Crippen molar-refractivity contribution in [2.45, 2.75) is 50.2 Å². The van der Waals surface area contributed by atoms with Crippen LogP contribution in [-0.4, -0.2) is 22.1 Å². The second kappa shape index (κ2) is 3.97. The van der Waals surface area contributed by atoms with Gasteiger partial charge >= 0.3 is 0 Å². The zero-order valence-electron chi connectivity index (χ0n) is 8.64. The van der Waals surface area contributed by atoms with Gasteiger partial charge in [0.2, 0.25) is 0 Å². The van der Waals surface area contributed by atoms with Crippen molar-refractivity contribution in [3.63, 3.8) is 0 Å². The molecule has 0 aromatic heterocycles. The molecule has 1 unspecified atom stereocenters. The largest absolute Gasteiger partial charge is 0.375 e. The molecule has 0 aromatic rings. The van der Waals surface area contributed by atoms with Crippen LogP contribution in [0, 0.1) is 0 Å². The molecule has 0 bridgehead atoms. The molecule has 1 atom stereocenters. The van der Waals surface area contributed by atoms with Gasteiger partial charge in [-0.05, 0) is 50.5 Å². The summed E-state index contributed by atoms with van der Waals surface area (Å²) in [5.41, 5.74) is 1.64. The molecular weight excluding hydrogens is 176 g/mol. The lowest BCUT2D eigenvalue weighted by Crippen LogP contribution is -2.39. The van der Waals surface area contributed by atoms with Crippen LogP contribution in [0.3, 0.4) is 0 Å². The minimum Gasteiger partial charge on any atom is -0.375 e. The van der Waals surface area contributed by atoms with Gasteiger partial charge in [-0.25, -0.2) is 0 Å². The normalized spacial score (nSPS) is 35.8. The summed E-state index contributed by atoms with van der Waals surface area (Å²) in [4.78, 5) is 0. The Hall–Kier alpha value is -0.0831. The van der Waals surface area contributed by atoms with Crippen molar-refractivity contribution in [3.8, 4) is 0 Å². The monoisotopic (exact) mass is 196 g/mol. The third-order valence-electron chi connectivity index (χ3n) is 3.44. The van der Waals surface area contributed by atoms with Crippen molar-refractivity contribution in [2.24, 2.45) is 0 Å². The van der Waals surface area contributed by atoms with E-state index in [2.05, 4.69) is 6.08 Å². The highest BCUT2D eigenvalue weighted by atomic mass is 28.1. The van der Waals surface area contributed by atoms with Crippen LogP contribution in [-0.2, 0) is 4.74 Å². The highest BCUT2D eigenvalue weighted by Gasteiger charge is 2.31. The summed E-state index contributed by atoms with van der Waals surface area (Å²) in [6.07, 6.45) is 11.8. The number of hydrogen-bond donors (Lipinski definition) is 0. The molecule has 1 aliphatic heterocycles. The van der Waals surface area contributed by atoms with Crippen LogP contribution in [0.25, 0.3) is 0 Å². The third kappa shape index (κ3) is 2.05. The van der Waals surface area contributed by atoms with E-state index in [0.717, 1.165) is 6.61 Å². The Balaban J connectivity index is 2.07. The van der Waals surface area contributed by atoms with Crippen LogP contribution < -0.4 is 0 Å². The molecule has 1 heterocycles. The van der Waals surface area contributed by atoms with Gasteiger partial charge in [-0.2, -0.15) is 0 Å². The van der Waals surface area contributed by atoms with Gasteiger partial charge in [0.05, 0.1) is 5.22 Å². The van der Waals surface area contributed by atoms with Gasteiger partial charge in [0.25, 0.3) is 0 Å². The highest BCUT2D eigenvalue weighted by molar-refractivity contribution is 6.16. The maximum Gasteiger partial charge on any atom is 0.0684 e. The molecule has 0 N–H and O–H groups in total. The van der Waals surface area contributed by atoms with Gasteiger partial charge in [0.15, 0.2) is 0 Å². The van der Waals surface area contributed by atoms with E-state index >= 15 is 0 Å². The first kappa shape index (κ1) is 9.47. The Kier molecular flexibility index (Phi) is 2.89. The van der Waals surface area contributed by atoms with Crippen LogP contribution >= 0.6 is 0 Å². The molecule has 2 rings (SSSR count). The summed E-state index contributed by atoms with van der Waals surface area (Å²) in [6, 6.07) is 0. The fourth-order valence-electron chi connectivity index (χ4n) is 2.51. The van der Waals surface area contributed by atoms with E-state index in [4.69, 9.17) is 4.74 Å². The van der Waals surface area contributed by atoms with Crippen molar-refractivity contribution in [2.75, 3.05) is 6.61 Å². The fraction of sp³-hybridized carbons (Fsp3) is 0.818. The SMILES string of the molecule is [SiH3]C1(C2=CCCCC2)CCCCO1. The number of allylic oxidation sites excluding steroid dienone is 1. The summed E-state index contributed by atoms with van der Waals surface area (Å²) in [5, 5.41) is 0.249. The first-order valence-electron chi connectivity index (χ1n) is 5.65. The predicted molar refractivity (Wildman–Crippen MR) is 59.0 cm³/mol. The van der Waals surface area contributed by atoms with Crippen LogP contribution in [0.5, 0.6) is 0 Å². The maximum atomic E-state index is 6.00. The second-order valence-corrected chi connectivity index (χ2v) is 6.13. The predicted octanol–water partition coefficient (Wildman–Crippen LogP) is 1.75. The van der Waals surface area contributed by atoms with Crippen LogP contribution in [0.15, 0.2) is 11.6 Å². The standard InChI is InChI=1S/C11H20OSi/c13-11(8-4-5-9-12-11)10-6-2-1-3-7-10/h6H,1-5,7-9H2,13H3. The van der Waals surface area contributed by atoms with E-state index in [1.54, 1.807) is 5.57 Å². The molecule has 13 heavy (non-hydrogen) atoms. The number of ether oxygens (including phenoxy) is 1. The molecule has 1 fully saturated rings. The topological polar surface area (TPSA) is 9.23 Å². The zero-order valence-corrected chi connectivity index (χ0v) is 10.6. The van der Waals surface area contributed by atoms with Crippen LogP contribution in [0.4, 0.5) is 0 Å². The molecule has 1 saturated heterocycles. The van der Waals surface area contributed by atoms with Crippen molar-refractivity contribution < 1.29 is 4.74 Å². The molecule has 2 aliphatic rings. The Bertz CT molecular complexity index is 204. The highest BCUT2D eigenvalue weighted by Crippen LogP contribution is 2.34. The average molecular weight is 196 g/mol. The molecule has 1 nitrogen and oxygen atoms in total. The van der Waals surface area contributed by atoms with E-state index in [-0.39, 0.29) is 5.22 Å². The molecular formula is C11H20OSi. The number of hydrogen-bond acceptors (Lipinski definition) is 1. The molecule has 0 saturated carbocycles. The van der Waals surface area contributed by atoms with Gasteiger partial charge < -0.3 is 4.74 Å². The van der Waals surface area contributed by atoms with E-state index < -0.39 is 0 Å². The molecule has 0 amide bonds. The van der Waals surface area contributed by atoms with Gasteiger partial charge in [-0.1, -0.05) is 6.08 Å². The summed E-state index contributed by atoms with van der Waals surface area (Å²) in [5.74, 6) is 0. The lowest BCUT2D eigenvalue weighted by Gasteiger charge is -2.37.